The van der Waals surface area contributed by atoms with Crippen molar-refractivity contribution in [2.45, 2.75) is 71.5 Å². The van der Waals surface area contributed by atoms with Crippen LogP contribution in [-0.4, -0.2) is 50.0 Å². The van der Waals surface area contributed by atoms with Gasteiger partial charge in [-0.3, -0.25) is 13.9 Å². The summed E-state index contributed by atoms with van der Waals surface area (Å²) < 4.78 is 26.6. The van der Waals surface area contributed by atoms with Gasteiger partial charge in [-0.15, -0.1) is 0 Å². The van der Waals surface area contributed by atoms with Crippen LogP contribution in [0.1, 0.15) is 55.7 Å². The first kappa shape index (κ1) is 28.0. The standard InChI is InChI=1S/C27H36ClN3O4S/c1-19-10-8-9-11-22(19)17-30(21(3)27(33)29-24-12-6-5-7-13-24)26(32)18-31(36(4,34)35)25-16-23(28)15-14-20(25)2/h8-11,14-16,21,24H,5-7,12-13,17-18H2,1-4H3,(H,29,33)/t21-/m0/s1. The van der Waals surface area contributed by atoms with Crippen molar-refractivity contribution in [3.05, 3.63) is 64.2 Å². The van der Waals surface area contributed by atoms with Crippen molar-refractivity contribution >= 4 is 39.1 Å². The van der Waals surface area contributed by atoms with Gasteiger partial charge in [-0.25, -0.2) is 8.42 Å². The number of halogens is 1. The number of rotatable bonds is 9. The van der Waals surface area contributed by atoms with Gasteiger partial charge in [-0.05, 0) is 62.4 Å². The van der Waals surface area contributed by atoms with Crippen LogP contribution in [0, 0.1) is 13.8 Å². The van der Waals surface area contributed by atoms with Crippen LogP contribution in [0.25, 0.3) is 0 Å². The molecule has 1 atom stereocenters. The minimum atomic E-state index is -3.81. The first-order valence-electron chi connectivity index (χ1n) is 12.4. The highest BCUT2D eigenvalue weighted by Gasteiger charge is 2.31. The Hall–Kier alpha value is -2.58. The third-order valence-electron chi connectivity index (χ3n) is 6.84. The number of anilines is 1. The van der Waals surface area contributed by atoms with Crippen molar-refractivity contribution in [1.29, 1.82) is 0 Å². The van der Waals surface area contributed by atoms with Gasteiger partial charge in [0.05, 0.1) is 11.9 Å². The van der Waals surface area contributed by atoms with Crippen LogP contribution in [-0.2, 0) is 26.2 Å². The second kappa shape index (κ2) is 12.1. The van der Waals surface area contributed by atoms with Crippen LogP contribution in [0.15, 0.2) is 42.5 Å². The summed E-state index contributed by atoms with van der Waals surface area (Å²) in [5.74, 6) is -0.692. The van der Waals surface area contributed by atoms with Gasteiger partial charge in [0.25, 0.3) is 0 Å². The molecular weight excluding hydrogens is 498 g/mol. The first-order valence-corrected chi connectivity index (χ1v) is 14.6. The molecule has 0 saturated heterocycles. The predicted octanol–water partition coefficient (Wildman–Crippen LogP) is 4.59. The van der Waals surface area contributed by atoms with E-state index >= 15 is 0 Å². The number of hydrogen-bond acceptors (Lipinski definition) is 4. The van der Waals surface area contributed by atoms with E-state index in [1.165, 1.54) is 17.4 Å². The second-order valence-electron chi connectivity index (χ2n) is 9.67. The van der Waals surface area contributed by atoms with Gasteiger partial charge in [0.2, 0.25) is 21.8 Å². The Labute approximate surface area is 219 Å². The molecule has 0 aromatic heterocycles. The largest absolute Gasteiger partial charge is 0.352 e. The van der Waals surface area contributed by atoms with Crippen LogP contribution < -0.4 is 9.62 Å². The normalized spacial score (nSPS) is 15.2. The quantitative estimate of drug-likeness (QED) is 0.511. The van der Waals surface area contributed by atoms with Gasteiger partial charge in [-0.1, -0.05) is 61.2 Å². The lowest BCUT2D eigenvalue weighted by molar-refractivity contribution is -0.139. The summed E-state index contributed by atoms with van der Waals surface area (Å²) in [5, 5.41) is 3.47. The van der Waals surface area contributed by atoms with Crippen molar-refractivity contribution in [2.24, 2.45) is 0 Å². The lowest BCUT2D eigenvalue weighted by Crippen LogP contribution is -2.53. The minimum absolute atomic E-state index is 0.103. The molecule has 1 saturated carbocycles. The molecular formula is C27H36ClN3O4S. The molecule has 1 N–H and O–H groups in total. The van der Waals surface area contributed by atoms with Gasteiger partial charge >= 0.3 is 0 Å². The molecule has 0 bridgehead atoms. The van der Waals surface area contributed by atoms with E-state index in [-0.39, 0.29) is 18.5 Å². The van der Waals surface area contributed by atoms with Crippen LogP contribution in [0.3, 0.4) is 0 Å². The Morgan fingerprint density at radius 1 is 1.06 bits per heavy atom. The zero-order valence-electron chi connectivity index (χ0n) is 21.5. The molecule has 9 heteroatoms. The van der Waals surface area contributed by atoms with Crippen molar-refractivity contribution < 1.29 is 18.0 Å². The number of amides is 2. The second-order valence-corrected chi connectivity index (χ2v) is 12.0. The van der Waals surface area contributed by atoms with E-state index in [4.69, 9.17) is 11.6 Å². The molecule has 0 radical (unpaired) electrons. The van der Waals surface area contributed by atoms with E-state index in [0.29, 0.717) is 16.3 Å². The topological polar surface area (TPSA) is 86.8 Å². The molecule has 2 aromatic rings. The summed E-state index contributed by atoms with van der Waals surface area (Å²) in [7, 11) is -3.81. The van der Waals surface area contributed by atoms with Crippen LogP contribution in [0.4, 0.5) is 5.69 Å². The summed E-state index contributed by atoms with van der Waals surface area (Å²) in [6.45, 7) is 5.16. The summed E-state index contributed by atoms with van der Waals surface area (Å²) in [6, 6.07) is 11.9. The van der Waals surface area contributed by atoms with Gasteiger partial charge in [-0.2, -0.15) is 0 Å². The average molecular weight is 534 g/mol. The molecule has 0 aliphatic heterocycles. The fourth-order valence-corrected chi connectivity index (χ4v) is 5.63. The maximum absolute atomic E-state index is 13.7. The summed E-state index contributed by atoms with van der Waals surface area (Å²) in [4.78, 5) is 28.4. The van der Waals surface area contributed by atoms with E-state index < -0.39 is 28.5 Å². The lowest BCUT2D eigenvalue weighted by Gasteiger charge is -2.33. The number of aryl methyl sites for hydroxylation is 2. The molecule has 7 nitrogen and oxygen atoms in total. The molecule has 2 aromatic carbocycles. The Balaban J connectivity index is 1.91. The fraction of sp³-hybridized carbons (Fsp3) is 0.481. The van der Waals surface area contributed by atoms with Crippen LogP contribution in [0.2, 0.25) is 5.02 Å². The molecule has 1 aliphatic rings. The molecule has 0 unspecified atom stereocenters. The SMILES string of the molecule is Cc1ccccc1CN(C(=O)CN(c1cc(Cl)ccc1C)S(C)(=O)=O)[C@@H](C)C(=O)NC1CCCCC1. The molecule has 0 heterocycles. The number of nitrogens with zero attached hydrogens (tertiary/aromatic N) is 2. The maximum Gasteiger partial charge on any atom is 0.244 e. The van der Waals surface area contributed by atoms with Gasteiger partial charge in [0.1, 0.15) is 12.6 Å². The summed E-state index contributed by atoms with van der Waals surface area (Å²) >= 11 is 6.15. The molecule has 36 heavy (non-hydrogen) atoms. The summed E-state index contributed by atoms with van der Waals surface area (Å²) in [6.07, 6.45) is 6.25. The predicted molar refractivity (Wildman–Crippen MR) is 145 cm³/mol. The van der Waals surface area contributed by atoms with E-state index in [0.717, 1.165) is 47.4 Å². The van der Waals surface area contributed by atoms with Crippen molar-refractivity contribution in [1.82, 2.24) is 10.2 Å². The third-order valence-corrected chi connectivity index (χ3v) is 8.20. The number of hydrogen-bond donors (Lipinski definition) is 1. The number of nitrogens with one attached hydrogen (secondary N) is 1. The third kappa shape index (κ3) is 7.23. The van der Waals surface area contributed by atoms with Gasteiger partial charge in [0.15, 0.2) is 0 Å². The van der Waals surface area contributed by atoms with E-state index in [1.54, 1.807) is 26.0 Å². The zero-order valence-corrected chi connectivity index (χ0v) is 23.0. The Morgan fingerprint density at radius 2 is 1.72 bits per heavy atom. The highest BCUT2D eigenvalue weighted by Crippen LogP contribution is 2.27. The average Bonchev–Trinajstić information content (AvgIpc) is 2.83. The number of benzene rings is 2. The van der Waals surface area contributed by atoms with E-state index in [1.807, 2.05) is 31.2 Å². The van der Waals surface area contributed by atoms with Crippen LogP contribution >= 0.6 is 11.6 Å². The number of carbonyl (C=O) groups excluding carboxylic acids is 2. The number of carbonyl (C=O) groups is 2. The molecule has 1 aliphatic carbocycles. The molecule has 196 valence electrons. The van der Waals surface area contributed by atoms with E-state index in [9.17, 15) is 18.0 Å². The fourth-order valence-electron chi connectivity index (χ4n) is 4.57. The maximum atomic E-state index is 13.7. The highest BCUT2D eigenvalue weighted by atomic mass is 35.5. The van der Waals surface area contributed by atoms with Crippen molar-refractivity contribution in [3.63, 3.8) is 0 Å². The monoisotopic (exact) mass is 533 g/mol. The Bertz CT molecular complexity index is 1200. The van der Waals surface area contributed by atoms with Gasteiger partial charge in [0, 0.05) is 17.6 Å². The van der Waals surface area contributed by atoms with Crippen LogP contribution in [0.5, 0.6) is 0 Å². The molecule has 0 spiro atoms. The zero-order chi connectivity index (χ0) is 26.5. The van der Waals surface area contributed by atoms with Crippen molar-refractivity contribution in [3.8, 4) is 0 Å². The Morgan fingerprint density at radius 3 is 2.36 bits per heavy atom. The highest BCUT2D eigenvalue weighted by molar-refractivity contribution is 7.92. The molecule has 1 fully saturated rings. The molecule has 3 rings (SSSR count). The number of sulfonamides is 1. The van der Waals surface area contributed by atoms with E-state index in [2.05, 4.69) is 5.32 Å². The smallest absolute Gasteiger partial charge is 0.244 e. The minimum Gasteiger partial charge on any atom is -0.352 e. The first-order chi connectivity index (χ1) is 17.0. The summed E-state index contributed by atoms with van der Waals surface area (Å²) in [5.41, 5.74) is 2.90. The van der Waals surface area contributed by atoms with Crippen molar-refractivity contribution in [2.75, 3.05) is 17.1 Å². The van der Waals surface area contributed by atoms with Gasteiger partial charge < -0.3 is 10.2 Å². The lowest BCUT2D eigenvalue weighted by atomic mass is 9.95. The molecule has 2 amide bonds. The Kier molecular flexibility index (Phi) is 9.41.